The predicted octanol–water partition coefficient (Wildman–Crippen LogP) is 3.80. The van der Waals surface area contributed by atoms with Crippen molar-refractivity contribution in [2.24, 2.45) is 0 Å². The maximum atomic E-state index is 13.5. The summed E-state index contributed by atoms with van der Waals surface area (Å²) in [5.74, 6) is -0.101. The lowest BCUT2D eigenvalue weighted by Crippen LogP contribution is -2.51. The monoisotopic (exact) mass is 525 g/mol. The summed E-state index contributed by atoms with van der Waals surface area (Å²) in [6, 6.07) is 18.7. The SMILES string of the molecule is CC[C@@H](C)NC(=O)[C@H](C)N(Cc1ccc(OC)cc1)C(=O)CN(C)S(=O)(=O)c1ccc2ccccc2c1. The average Bonchev–Trinajstić information content (AvgIpc) is 2.90. The number of benzene rings is 3. The van der Waals surface area contributed by atoms with Gasteiger partial charge in [0.05, 0.1) is 18.6 Å². The van der Waals surface area contributed by atoms with E-state index in [2.05, 4.69) is 5.32 Å². The predicted molar refractivity (Wildman–Crippen MR) is 145 cm³/mol. The molecule has 0 heterocycles. The van der Waals surface area contributed by atoms with E-state index in [1.807, 2.05) is 50.2 Å². The van der Waals surface area contributed by atoms with Gasteiger partial charge >= 0.3 is 0 Å². The number of sulfonamides is 1. The minimum atomic E-state index is -3.94. The van der Waals surface area contributed by atoms with Gasteiger partial charge in [0.2, 0.25) is 21.8 Å². The molecule has 0 aliphatic heterocycles. The van der Waals surface area contributed by atoms with Gasteiger partial charge in [0.1, 0.15) is 11.8 Å². The summed E-state index contributed by atoms with van der Waals surface area (Å²) < 4.78 is 32.9. The van der Waals surface area contributed by atoms with Crippen LogP contribution < -0.4 is 10.1 Å². The van der Waals surface area contributed by atoms with E-state index in [9.17, 15) is 18.0 Å². The number of nitrogens with zero attached hydrogens (tertiary/aromatic N) is 2. The van der Waals surface area contributed by atoms with Gasteiger partial charge in [0, 0.05) is 19.6 Å². The van der Waals surface area contributed by atoms with Gasteiger partial charge in [-0.15, -0.1) is 0 Å². The molecule has 8 nitrogen and oxygen atoms in total. The van der Waals surface area contributed by atoms with Gasteiger partial charge in [-0.2, -0.15) is 4.31 Å². The summed E-state index contributed by atoms with van der Waals surface area (Å²) in [6.07, 6.45) is 0.748. The molecule has 0 bridgehead atoms. The van der Waals surface area contributed by atoms with Crippen LogP contribution in [0.4, 0.5) is 0 Å². The lowest BCUT2D eigenvalue weighted by atomic mass is 10.1. The molecular weight excluding hydrogens is 490 g/mol. The zero-order chi connectivity index (χ0) is 27.2. The lowest BCUT2D eigenvalue weighted by molar-refractivity contribution is -0.140. The van der Waals surface area contributed by atoms with Crippen molar-refractivity contribution in [3.63, 3.8) is 0 Å². The van der Waals surface area contributed by atoms with E-state index >= 15 is 0 Å². The number of rotatable bonds is 11. The van der Waals surface area contributed by atoms with Gasteiger partial charge in [-0.1, -0.05) is 49.4 Å². The summed E-state index contributed by atoms with van der Waals surface area (Å²) in [6.45, 7) is 5.23. The molecule has 3 aromatic rings. The average molecular weight is 526 g/mol. The van der Waals surface area contributed by atoms with Crippen molar-refractivity contribution in [1.82, 2.24) is 14.5 Å². The van der Waals surface area contributed by atoms with Crippen molar-refractivity contribution in [1.29, 1.82) is 0 Å². The van der Waals surface area contributed by atoms with Gasteiger partial charge in [-0.25, -0.2) is 8.42 Å². The maximum Gasteiger partial charge on any atom is 0.243 e. The molecule has 0 fully saturated rings. The molecule has 3 rings (SSSR count). The first-order chi connectivity index (χ1) is 17.6. The van der Waals surface area contributed by atoms with Crippen LogP contribution in [0.3, 0.4) is 0 Å². The highest BCUT2D eigenvalue weighted by molar-refractivity contribution is 7.89. The molecule has 2 atom stereocenters. The second kappa shape index (κ2) is 12.2. The van der Waals surface area contributed by atoms with Crippen LogP contribution in [0.1, 0.15) is 32.8 Å². The van der Waals surface area contributed by atoms with E-state index in [-0.39, 0.29) is 23.4 Å². The first-order valence-corrected chi connectivity index (χ1v) is 13.7. The molecule has 0 aliphatic rings. The molecule has 37 heavy (non-hydrogen) atoms. The van der Waals surface area contributed by atoms with Crippen LogP contribution >= 0.6 is 0 Å². The first kappa shape index (κ1) is 28.1. The number of methoxy groups -OCH3 is 1. The quantitative estimate of drug-likeness (QED) is 0.411. The van der Waals surface area contributed by atoms with E-state index in [1.165, 1.54) is 18.0 Å². The van der Waals surface area contributed by atoms with Crippen molar-refractivity contribution >= 4 is 32.6 Å². The Bertz CT molecular complexity index is 1340. The van der Waals surface area contributed by atoms with Crippen LogP contribution in [0, 0.1) is 0 Å². The summed E-state index contributed by atoms with van der Waals surface area (Å²) in [5.41, 5.74) is 0.789. The van der Waals surface area contributed by atoms with Crippen LogP contribution in [0.15, 0.2) is 71.6 Å². The number of carbonyl (C=O) groups is 2. The zero-order valence-corrected chi connectivity index (χ0v) is 22.8. The van der Waals surface area contributed by atoms with E-state index in [0.717, 1.165) is 27.1 Å². The molecule has 198 valence electrons. The fourth-order valence-electron chi connectivity index (χ4n) is 3.85. The zero-order valence-electron chi connectivity index (χ0n) is 22.0. The van der Waals surface area contributed by atoms with E-state index < -0.39 is 28.5 Å². The van der Waals surface area contributed by atoms with Crippen LogP contribution in [0.2, 0.25) is 0 Å². The largest absolute Gasteiger partial charge is 0.497 e. The lowest BCUT2D eigenvalue weighted by Gasteiger charge is -2.31. The molecule has 0 saturated heterocycles. The molecule has 0 unspecified atom stereocenters. The second-order valence-electron chi connectivity index (χ2n) is 9.13. The fraction of sp³-hybridized carbons (Fsp3) is 0.357. The molecule has 0 aliphatic carbocycles. The molecule has 3 aromatic carbocycles. The number of nitrogens with one attached hydrogen (secondary N) is 1. The Balaban J connectivity index is 1.84. The summed E-state index contributed by atoms with van der Waals surface area (Å²) in [4.78, 5) is 27.9. The third-order valence-electron chi connectivity index (χ3n) is 6.47. The highest BCUT2D eigenvalue weighted by atomic mass is 32.2. The summed E-state index contributed by atoms with van der Waals surface area (Å²) in [7, 11) is -1.00. The number of likely N-dealkylation sites (N-methyl/N-ethyl adjacent to an activating group) is 1. The van der Waals surface area contributed by atoms with Gasteiger partial charge in [0.25, 0.3) is 0 Å². The number of ether oxygens (including phenoxy) is 1. The molecular formula is C28H35N3O5S. The van der Waals surface area contributed by atoms with Gasteiger partial charge in [-0.3, -0.25) is 9.59 Å². The Labute approximate surface area is 219 Å². The van der Waals surface area contributed by atoms with Crippen molar-refractivity contribution in [3.05, 3.63) is 72.3 Å². The smallest absolute Gasteiger partial charge is 0.243 e. The number of hydrogen-bond donors (Lipinski definition) is 1. The minimum absolute atomic E-state index is 0.0520. The number of hydrogen-bond acceptors (Lipinski definition) is 5. The fourth-order valence-corrected chi connectivity index (χ4v) is 5.01. The van der Waals surface area contributed by atoms with Gasteiger partial charge < -0.3 is 15.0 Å². The highest BCUT2D eigenvalue weighted by Gasteiger charge is 2.30. The van der Waals surface area contributed by atoms with Crippen LogP contribution in [-0.4, -0.2) is 62.2 Å². The second-order valence-corrected chi connectivity index (χ2v) is 11.2. The van der Waals surface area contributed by atoms with Crippen molar-refractivity contribution in [2.45, 2.75) is 50.7 Å². The Morgan fingerprint density at radius 1 is 0.973 bits per heavy atom. The highest BCUT2D eigenvalue weighted by Crippen LogP contribution is 2.22. The molecule has 2 amide bonds. The Kier molecular flexibility index (Phi) is 9.29. The first-order valence-electron chi connectivity index (χ1n) is 12.2. The molecule has 0 radical (unpaired) electrons. The Morgan fingerprint density at radius 3 is 2.24 bits per heavy atom. The van der Waals surface area contributed by atoms with Crippen LogP contribution in [-0.2, 0) is 26.2 Å². The Hall–Kier alpha value is -3.43. The molecule has 9 heteroatoms. The third kappa shape index (κ3) is 6.87. The third-order valence-corrected chi connectivity index (χ3v) is 8.27. The van der Waals surface area contributed by atoms with Crippen molar-refractivity contribution in [2.75, 3.05) is 20.7 Å². The van der Waals surface area contributed by atoms with Crippen LogP contribution in [0.5, 0.6) is 5.75 Å². The topological polar surface area (TPSA) is 96.0 Å². The van der Waals surface area contributed by atoms with Crippen LogP contribution in [0.25, 0.3) is 10.8 Å². The van der Waals surface area contributed by atoms with E-state index in [1.54, 1.807) is 38.3 Å². The normalized spacial score (nSPS) is 13.2. The standard InChI is InChI=1S/C28H35N3O5S/c1-6-20(2)29-28(33)21(3)31(18-22-11-14-25(36-5)15-12-22)27(32)19-30(4)37(34,35)26-16-13-23-9-7-8-10-24(23)17-26/h7-17,20-21H,6,18-19H2,1-5H3,(H,29,33)/t20-,21+/m1/s1. The molecule has 0 spiro atoms. The molecule has 1 N–H and O–H groups in total. The van der Waals surface area contributed by atoms with Crippen molar-refractivity contribution < 1.29 is 22.7 Å². The number of amides is 2. The van der Waals surface area contributed by atoms with Gasteiger partial charge in [-0.05, 0) is 60.9 Å². The van der Waals surface area contributed by atoms with E-state index in [0.29, 0.717) is 5.75 Å². The molecule has 0 aromatic heterocycles. The summed E-state index contributed by atoms with van der Waals surface area (Å²) >= 11 is 0. The maximum absolute atomic E-state index is 13.5. The number of carbonyl (C=O) groups excluding carboxylic acids is 2. The molecule has 0 saturated carbocycles. The van der Waals surface area contributed by atoms with Crippen molar-refractivity contribution in [3.8, 4) is 5.75 Å². The van der Waals surface area contributed by atoms with Gasteiger partial charge in [0.15, 0.2) is 0 Å². The van der Waals surface area contributed by atoms with E-state index in [4.69, 9.17) is 4.74 Å². The Morgan fingerprint density at radius 2 is 1.62 bits per heavy atom. The minimum Gasteiger partial charge on any atom is -0.497 e. The number of fused-ring (bicyclic) bond motifs is 1. The summed E-state index contributed by atoms with van der Waals surface area (Å²) in [5, 5.41) is 4.63.